The van der Waals surface area contributed by atoms with Crippen molar-refractivity contribution in [3.8, 4) is 0 Å². The normalized spacial score (nSPS) is 26.5. The third-order valence-corrected chi connectivity index (χ3v) is 8.67. The van der Waals surface area contributed by atoms with Crippen molar-refractivity contribution in [2.75, 3.05) is 17.7 Å². The molecule has 1 aromatic carbocycles. The van der Waals surface area contributed by atoms with Gasteiger partial charge < -0.3 is 24.7 Å². The summed E-state index contributed by atoms with van der Waals surface area (Å²) in [7, 11) is 1.89. The van der Waals surface area contributed by atoms with E-state index >= 15 is 0 Å². The van der Waals surface area contributed by atoms with Crippen LogP contribution in [0.4, 0.5) is 11.6 Å². The van der Waals surface area contributed by atoms with Gasteiger partial charge in [0.15, 0.2) is 5.79 Å². The molecule has 38 heavy (non-hydrogen) atoms. The van der Waals surface area contributed by atoms with Crippen LogP contribution in [-0.2, 0) is 15.9 Å². The zero-order chi connectivity index (χ0) is 25.9. The van der Waals surface area contributed by atoms with Crippen molar-refractivity contribution in [3.63, 3.8) is 0 Å². The lowest BCUT2D eigenvalue weighted by molar-refractivity contribution is -0.160. The molecule has 2 saturated carbocycles. The molecule has 8 nitrogen and oxygen atoms in total. The molecule has 0 radical (unpaired) electrons. The number of ether oxygens (including phenoxy) is 2. The maximum absolute atomic E-state index is 6.50. The van der Waals surface area contributed by atoms with Crippen LogP contribution in [0.15, 0.2) is 48.9 Å². The van der Waals surface area contributed by atoms with Crippen LogP contribution >= 0.6 is 0 Å². The number of benzene rings is 1. The zero-order valence-electron chi connectivity index (χ0n) is 22.4. The molecule has 4 heterocycles. The van der Waals surface area contributed by atoms with E-state index in [2.05, 4.69) is 67.8 Å². The molecule has 0 unspecified atom stereocenters. The molecule has 8 heteroatoms. The Bertz CT molecular complexity index is 1480. The quantitative estimate of drug-likeness (QED) is 0.328. The number of nitrogens with one attached hydrogen (secondary N) is 2. The van der Waals surface area contributed by atoms with Gasteiger partial charge in [0.25, 0.3) is 0 Å². The first kappa shape index (κ1) is 23.9. The van der Waals surface area contributed by atoms with E-state index in [9.17, 15) is 0 Å². The van der Waals surface area contributed by atoms with Crippen molar-refractivity contribution in [2.24, 2.45) is 5.92 Å². The molecule has 3 fully saturated rings. The Balaban J connectivity index is 1.12. The number of nitrogens with zero attached hydrogens (tertiary/aromatic N) is 4. The van der Waals surface area contributed by atoms with Crippen LogP contribution in [0.3, 0.4) is 0 Å². The molecule has 2 N–H and O–H groups in total. The Morgan fingerprint density at radius 3 is 2.71 bits per heavy atom. The zero-order valence-corrected chi connectivity index (χ0v) is 22.4. The van der Waals surface area contributed by atoms with Crippen molar-refractivity contribution in [1.29, 1.82) is 0 Å². The van der Waals surface area contributed by atoms with E-state index in [0.29, 0.717) is 12.0 Å². The number of hydrogen-bond acceptors (Lipinski definition) is 7. The van der Waals surface area contributed by atoms with E-state index in [1.807, 2.05) is 20.9 Å². The summed E-state index contributed by atoms with van der Waals surface area (Å²) < 4.78 is 15.3. The van der Waals surface area contributed by atoms with Gasteiger partial charge in [0.05, 0.1) is 23.0 Å². The lowest BCUT2D eigenvalue weighted by Gasteiger charge is -2.27. The van der Waals surface area contributed by atoms with Crippen molar-refractivity contribution in [2.45, 2.75) is 82.5 Å². The van der Waals surface area contributed by atoms with Gasteiger partial charge in [-0.05, 0) is 88.1 Å². The SMILES string of the molecule is CNc1ncnc2c1ccn2[C@@H]1C[C@H](CCc2ccc3ccc(NC4CCC4)nc3c2)[C@H]2OC(C)(C)O[C@H]21. The van der Waals surface area contributed by atoms with Crippen LogP contribution in [0.2, 0.25) is 0 Å². The van der Waals surface area contributed by atoms with E-state index in [1.165, 1.54) is 30.2 Å². The molecule has 1 saturated heterocycles. The van der Waals surface area contributed by atoms with E-state index in [1.54, 1.807) is 6.33 Å². The lowest BCUT2D eigenvalue weighted by atomic mass is 9.93. The fraction of sp³-hybridized carbons (Fsp3) is 0.500. The molecule has 3 aromatic heterocycles. The predicted molar refractivity (Wildman–Crippen MR) is 149 cm³/mol. The highest BCUT2D eigenvalue weighted by Crippen LogP contribution is 2.49. The van der Waals surface area contributed by atoms with Gasteiger partial charge in [-0.2, -0.15) is 0 Å². The van der Waals surface area contributed by atoms with Gasteiger partial charge in [-0.1, -0.05) is 12.1 Å². The summed E-state index contributed by atoms with van der Waals surface area (Å²) in [5.74, 6) is 1.64. The summed E-state index contributed by atoms with van der Waals surface area (Å²) in [4.78, 5) is 13.9. The Labute approximate surface area is 223 Å². The highest BCUT2D eigenvalue weighted by atomic mass is 16.8. The number of hydrogen-bond donors (Lipinski definition) is 2. The smallest absolute Gasteiger partial charge is 0.163 e. The summed E-state index contributed by atoms with van der Waals surface area (Å²) in [6.45, 7) is 4.05. The number of fused-ring (bicyclic) bond motifs is 3. The van der Waals surface area contributed by atoms with Crippen molar-refractivity contribution >= 4 is 33.6 Å². The van der Waals surface area contributed by atoms with Crippen molar-refractivity contribution in [1.82, 2.24) is 19.5 Å². The summed E-state index contributed by atoms with van der Waals surface area (Å²) >= 11 is 0. The molecule has 0 amide bonds. The van der Waals surface area contributed by atoms with E-state index < -0.39 is 5.79 Å². The fourth-order valence-corrected chi connectivity index (χ4v) is 6.56. The second-order valence-electron chi connectivity index (χ2n) is 11.6. The van der Waals surface area contributed by atoms with Gasteiger partial charge in [-0.25, -0.2) is 15.0 Å². The molecule has 7 rings (SSSR count). The van der Waals surface area contributed by atoms with Gasteiger partial charge in [0.1, 0.15) is 29.7 Å². The summed E-state index contributed by atoms with van der Waals surface area (Å²) in [5.41, 5.74) is 3.32. The average Bonchev–Trinajstić information content (AvgIpc) is 3.55. The van der Waals surface area contributed by atoms with Gasteiger partial charge in [0, 0.05) is 24.7 Å². The standard InChI is InChI=1S/C30H36N6O2/c1-30(2)37-26-20(16-24(27(26)38-30)36-14-13-22-28(31-3)32-17-33-29(22)36)10-8-18-7-9-19-11-12-25(35-23(19)15-18)34-21-5-4-6-21/h7,9,11-15,17,20-21,24,26-27H,4-6,8,10,16H2,1-3H3,(H,34,35)(H,31,32,33)/t20-,24+,26+,27-/m0/s1. The average molecular weight is 513 g/mol. The fourth-order valence-electron chi connectivity index (χ4n) is 6.56. The van der Waals surface area contributed by atoms with Crippen molar-refractivity contribution in [3.05, 3.63) is 54.5 Å². The first-order valence-electron chi connectivity index (χ1n) is 14.0. The Morgan fingerprint density at radius 1 is 1.05 bits per heavy atom. The molecule has 2 aliphatic carbocycles. The molecule has 4 atom stereocenters. The number of pyridine rings is 1. The molecule has 0 spiro atoms. The highest BCUT2D eigenvalue weighted by molar-refractivity contribution is 5.87. The second kappa shape index (κ2) is 9.20. The third-order valence-electron chi connectivity index (χ3n) is 8.67. The maximum atomic E-state index is 6.50. The first-order valence-corrected chi connectivity index (χ1v) is 14.0. The number of aromatic nitrogens is 4. The Hall–Kier alpha value is -3.23. The minimum absolute atomic E-state index is 0.00277. The van der Waals surface area contributed by atoms with Gasteiger partial charge >= 0.3 is 0 Å². The molecular weight excluding hydrogens is 476 g/mol. The molecule has 198 valence electrons. The maximum Gasteiger partial charge on any atom is 0.163 e. The monoisotopic (exact) mass is 512 g/mol. The molecule has 3 aliphatic rings. The van der Waals surface area contributed by atoms with E-state index in [4.69, 9.17) is 14.5 Å². The number of rotatable bonds is 7. The minimum atomic E-state index is -0.586. The Kier molecular flexibility index (Phi) is 5.78. The summed E-state index contributed by atoms with van der Waals surface area (Å²) in [5, 5.41) is 8.98. The van der Waals surface area contributed by atoms with E-state index in [-0.39, 0.29) is 18.2 Å². The molecule has 1 aliphatic heterocycles. The van der Waals surface area contributed by atoms with Crippen LogP contribution in [0.1, 0.15) is 57.6 Å². The molecule has 4 aromatic rings. The number of anilines is 2. The van der Waals surface area contributed by atoms with Crippen LogP contribution in [-0.4, -0.2) is 50.6 Å². The summed E-state index contributed by atoms with van der Waals surface area (Å²) in [6, 6.07) is 13.8. The molecular formula is C30H36N6O2. The highest BCUT2D eigenvalue weighted by Gasteiger charge is 2.54. The summed E-state index contributed by atoms with van der Waals surface area (Å²) in [6.07, 6.45) is 10.6. The lowest BCUT2D eigenvalue weighted by Crippen LogP contribution is -2.27. The Morgan fingerprint density at radius 2 is 1.89 bits per heavy atom. The predicted octanol–water partition coefficient (Wildman–Crippen LogP) is 5.70. The van der Waals surface area contributed by atoms with Crippen molar-refractivity contribution < 1.29 is 9.47 Å². The topological polar surface area (TPSA) is 86.1 Å². The van der Waals surface area contributed by atoms with Gasteiger partial charge in [-0.3, -0.25) is 0 Å². The first-order chi connectivity index (χ1) is 18.5. The van der Waals surface area contributed by atoms with Crippen LogP contribution in [0.5, 0.6) is 0 Å². The van der Waals surface area contributed by atoms with E-state index in [0.717, 1.165) is 47.4 Å². The van der Waals surface area contributed by atoms with Gasteiger partial charge in [-0.15, -0.1) is 0 Å². The van der Waals surface area contributed by atoms with Crippen LogP contribution in [0.25, 0.3) is 21.9 Å². The van der Waals surface area contributed by atoms with Gasteiger partial charge in [0.2, 0.25) is 0 Å². The largest absolute Gasteiger partial charge is 0.372 e. The third kappa shape index (κ3) is 4.20. The number of aryl methyl sites for hydroxylation is 1. The molecule has 0 bridgehead atoms. The van der Waals surface area contributed by atoms with Crippen LogP contribution < -0.4 is 10.6 Å². The minimum Gasteiger partial charge on any atom is -0.372 e. The van der Waals surface area contributed by atoms with Crippen LogP contribution in [0, 0.1) is 5.92 Å². The second-order valence-corrected chi connectivity index (χ2v) is 11.6.